The van der Waals surface area contributed by atoms with Crippen molar-refractivity contribution in [1.29, 1.82) is 0 Å². The summed E-state index contributed by atoms with van der Waals surface area (Å²) in [6, 6.07) is 7.03. The maximum absolute atomic E-state index is 13.6. The summed E-state index contributed by atoms with van der Waals surface area (Å²) in [5, 5.41) is 19.2. The van der Waals surface area contributed by atoms with Crippen LogP contribution < -0.4 is 5.32 Å². The lowest BCUT2D eigenvalue weighted by molar-refractivity contribution is -0.140. The number of carbonyl (C=O) groups excluding carboxylic acids is 2. The first-order chi connectivity index (χ1) is 14.3. The van der Waals surface area contributed by atoms with Crippen molar-refractivity contribution in [3.63, 3.8) is 0 Å². The molecule has 3 aliphatic heterocycles. The maximum Gasteiger partial charge on any atom is 0.328 e. The molecule has 3 amide bonds. The Balaban J connectivity index is 1.63. The number of imide groups is 1. The van der Waals surface area contributed by atoms with Gasteiger partial charge in [0.05, 0.1) is 18.3 Å². The van der Waals surface area contributed by atoms with Crippen LogP contribution in [0.5, 0.6) is 0 Å². The number of urea groups is 1. The number of nitrogens with one attached hydrogen (secondary N) is 1. The lowest BCUT2D eigenvalue weighted by Crippen LogP contribution is -2.67. The summed E-state index contributed by atoms with van der Waals surface area (Å²) in [7, 11) is 1.73. The average molecular weight is 415 g/mol. The van der Waals surface area contributed by atoms with Crippen LogP contribution in [0.1, 0.15) is 31.4 Å². The first kappa shape index (κ1) is 20.8. The molecule has 2 saturated heterocycles. The zero-order valence-electron chi connectivity index (χ0n) is 17.9. The van der Waals surface area contributed by atoms with Gasteiger partial charge in [0.15, 0.2) is 6.29 Å². The molecule has 9 heteroatoms. The maximum atomic E-state index is 13.6. The molecule has 3 heterocycles. The van der Waals surface area contributed by atoms with Gasteiger partial charge in [-0.3, -0.25) is 20.0 Å². The van der Waals surface area contributed by atoms with Gasteiger partial charge < -0.3 is 10.0 Å². The number of likely N-dealkylation sites (N-methyl/N-ethyl adjacent to an activating group) is 1. The number of hydrogen-bond acceptors (Lipinski definition) is 7. The molecule has 0 aromatic heterocycles. The van der Waals surface area contributed by atoms with E-state index in [1.54, 1.807) is 11.9 Å². The van der Waals surface area contributed by atoms with E-state index in [0.717, 1.165) is 16.8 Å². The van der Waals surface area contributed by atoms with Gasteiger partial charge in [-0.15, -0.1) is 0 Å². The third-order valence-electron chi connectivity index (χ3n) is 6.32. The fourth-order valence-electron chi connectivity index (χ4n) is 4.47. The fraction of sp³-hybridized carbons (Fsp3) is 0.571. The normalized spacial score (nSPS) is 29.2. The summed E-state index contributed by atoms with van der Waals surface area (Å²) in [5.74, 6) is -0.192. The molecular weight excluding hydrogens is 384 g/mol. The average Bonchev–Trinajstić information content (AvgIpc) is 3.14. The van der Waals surface area contributed by atoms with E-state index in [9.17, 15) is 14.7 Å². The van der Waals surface area contributed by atoms with Gasteiger partial charge in [0.25, 0.3) is 5.91 Å². The molecule has 4 atom stereocenters. The van der Waals surface area contributed by atoms with Crippen molar-refractivity contribution >= 4 is 17.6 Å². The minimum Gasteiger partial charge on any atom is -0.396 e. The lowest BCUT2D eigenvalue weighted by Gasteiger charge is -2.45. The van der Waals surface area contributed by atoms with Gasteiger partial charge in [-0.2, -0.15) is 5.10 Å². The van der Waals surface area contributed by atoms with E-state index in [1.807, 2.05) is 50.0 Å². The van der Waals surface area contributed by atoms with E-state index in [-0.39, 0.29) is 37.4 Å². The number of aliphatic hydroxyl groups is 1. The molecule has 0 bridgehead atoms. The number of nitrogens with zero attached hydrogens (tertiary/aromatic N) is 5. The molecule has 162 valence electrons. The molecule has 1 aromatic rings. The molecule has 9 nitrogen and oxygen atoms in total. The number of fused-ring (bicyclic) bond motifs is 3. The minimum atomic E-state index is -0.500. The molecule has 2 fully saturated rings. The second-order valence-corrected chi connectivity index (χ2v) is 8.34. The Labute approximate surface area is 176 Å². The summed E-state index contributed by atoms with van der Waals surface area (Å²) < 4.78 is 0. The number of aliphatic hydroxyl groups excluding tert-OH is 1. The summed E-state index contributed by atoms with van der Waals surface area (Å²) in [4.78, 5) is 31.7. The van der Waals surface area contributed by atoms with Crippen LogP contribution in [0.15, 0.2) is 29.4 Å². The second kappa shape index (κ2) is 7.98. The highest BCUT2D eigenvalue weighted by molar-refractivity contribution is 6.01. The van der Waals surface area contributed by atoms with E-state index in [4.69, 9.17) is 0 Å². The Kier molecular flexibility index (Phi) is 5.52. The number of amides is 3. The second-order valence-electron chi connectivity index (χ2n) is 8.34. The molecule has 2 N–H and O–H groups in total. The van der Waals surface area contributed by atoms with E-state index >= 15 is 0 Å². The first-order valence-electron chi connectivity index (χ1n) is 10.4. The smallest absolute Gasteiger partial charge is 0.328 e. The van der Waals surface area contributed by atoms with Gasteiger partial charge in [-0.25, -0.2) is 9.69 Å². The Bertz CT molecular complexity index is 857. The van der Waals surface area contributed by atoms with Crippen molar-refractivity contribution in [2.75, 3.05) is 20.2 Å². The SMILES string of the molecule is CC1=NN(CCCO)C2NC3C(C(=O)N(Cc4ccc(C)cc4)C(=O)N3C)N2C1C. The van der Waals surface area contributed by atoms with Gasteiger partial charge >= 0.3 is 6.03 Å². The summed E-state index contributed by atoms with van der Waals surface area (Å²) in [5.41, 5.74) is 2.96. The number of benzene rings is 1. The number of aryl methyl sites for hydroxylation is 1. The third kappa shape index (κ3) is 3.36. The van der Waals surface area contributed by atoms with Crippen molar-refractivity contribution in [2.45, 2.75) is 58.3 Å². The summed E-state index contributed by atoms with van der Waals surface area (Å²) in [6.07, 6.45) is -0.150. The van der Waals surface area contributed by atoms with E-state index in [0.29, 0.717) is 13.0 Å². The summed E-state index contributed by atoms with van der Waals surface area (Å²) in [6.45, 7) is 6.88. The van der Waals surface area contributed by atoms with Gasteiger partial charge in [0, 0.05) is 20.2 Å². The van der Waals surface area contributed by atoms with Gasteiger partial charge in [0.2, 0.25) is 0 Å². The molecule has 0 saturated carbocycles. The Hall–Kier alpha value is -2.49. The molecule has 0 aliphatic carbocycles. The number of rotatable bonds is 5. The van der Waals surface area contributed by atoms with Crippen LogP contribution in [0.3, 0.4) is 0 Å². The standard InChI is InChI=1S/C21H30N6O3/c1-13-6-8-16(9-7-13)12-25-19(29)17-18(24(4)21(25)30)22-20-26(10-5-11-28)23-14(2)15(3)27(17)20/h6-9,15,17-18,20,22,28H,5,10-12H2,1-4H3. The highest BCUT2D eigenvalue weighted by Gasteiger charge is 2.57. The first-order valence-corrected chi connectivity index (χ1v) is 10.4. The van der Waals surface area contributed by atoms with Crippen LogP contribution in [-0.2, 0) is 11.3 Å². The van der Waals surface area contributed by atoms with Crippen molar-refractivity contribution in [3.8, 4) is 0 Å². The monoisotopic (exact) mass is 414 g/mol. The number of hydrogen-bond donors (Lipinski definition) is 2. The largest absolute Gasteiger partial charge is 0.396 e. The van der Waals surface area contributed by atoms with Crippen LogP contribution in [0.2, 0.25) is 0 Å². The van der Waals surface area contributed by atoms with Gasteiger partial charge in [-0.05, 0) is 32.8 Å². The fourth-order valence-corrected chi connectivity index (χ4v) is 4.47. The zero-order valence-corrected chi connectivity index (χ0v) is 17.9. The Morgan fingerprint density at radius 3 is 2.53 bits per heavy atom. The van der Waals surface area contributed by atoms with Crippen molar-refractivity contribution < 1.29 is 14.7 Å². The van der Waals surface area contributed by atoms with Crippen LogP contribution in [-0.4, -0.2) is 87.2 Å². The third-order valence-corrected chi connectivity index (χ3v) is 6.32. The van der Waals surface area contributed by atoms with Gasteiger partial charge in [0.1, 0.15) is 12.2 Å². The Morgan fingerprint density at radius 1 is 1.17 bits per heavy atom. The summed E-state index contributed by atoms with van der Waals surface area (Å²) >= 11 is 0. The predicted octanol–water partition coefficient (Wildman–Crippen LogP) is 0.735. The lowest BCUT2D eigenvalue weighted by atomic mass is 10.0. The quantitative estimate of drug-likeness (QED) is 0.738. The molecule has 3 aliphatic rings. The zero-order chi connectivity index (χ0) is 21.6. The highest BCUT2D eigenvalue weighted by Crippen LogP contribution is 2.33. The molecule has 4 unspecified atom stereocenters. The molecule has 4 rings (SSSR count). The van der Waals surface area contributed by atoms with Crippen LogP contribution >= 0.6 is 0 Å². The molecular formula is C21H30N6O3. The van der Waals surface area contributed by atoms with Crippen LogP contribution in [0.4, 0.5) is 4.79 Å². The highest BCUT2D eigenvalue weighted by atomic mass is 16.3. The predicted molar refractivity (Wildman–Crippen MR) is 112 cm³/mol. The van der Waals surface area contributed by atoms with Crippen molar-refractivity contribution in [1.82, 2.24) is 25.0 Å². The topological polar surface area (TPSA) is 91.7 Å². The number of carbonyl (C=O) groups is 2. The minimum absolute atomic E-state index is 0.0466. The van der Waals surface area contributed by atoms with E-state index in [2.05, 4.69) is 15.3 Å². The van der Waals surface area contributed by atoms with Crippen LogP contribution in [0.25, 0.3) is 0 Å². The Morgan fingerprint density at radius 2 is 1.87 bits per heavy atom. The van der Waals surface area contributed by atoms with Gasteiger partial charge in [-0.1, -0.05) is 29.8 Å². The van der Waals surface area contributed by atoms with Crippen LogP contribution in [0, 0.1) is 6.92 Å². The number of hydrazone groups is 1. The molecule has 0 spiro atoms. The molecule has 0 radical (unpaired) electrons. The van der Waals surface area contributed by atoms with E-state index < -0.39 is 12.2 Å². The van der Waals surface area contributed by atoms with Crippen molar-refractivity contribution in [3.05, 3.63) is 35.4 Å². The molecule has 1 aromatic carbocycles. The molecule has 30 heavy (non-hydrogen) atoms. The van der Waals surface area contributed by atoms with Crippen molar-refractivity contribution in [2.24, 2.45) is 5.10 Å². The van der Waals surface area contributed by atoms with E-state index in [1.165, 1.54) is 4.90 Å².